The predicted molar refractivity (Wildman–Crippen MR) is 232 cm³/mol. The Morgan fingerprint density at radius 2 is 1.18 bits per heavy atom. The molecule has 0 heterocycles. The fourth-order valence-electron chi connectivity index (χ4n) is 7.39. The number of hydrogen-bond donors (Lipinski definition) is 5. The second-order valence-electron chi connectivity index (χ2n) is 15.4. The monoisotopic (exact) mass is 813 g/mol. The van der Waals surface area contributed by atoms with Gasteiger partial charge in [0.1, 0.15) is 23.3 Å². The summed E-state index contributed by atoms with van der Waals surface area (Å²) in [5, 5.41) is 27.3. The van der Waals surface area contributed by atoms with Gasteiger partial charge in [-0.05, 0) is 89.5 Å². The number of carbonyl (C=O) groups is 5. The molecule has 6 N–H and O–H groups in total. The van der Waals surface area contributed by atoms with Gasteiger partial charge in [-0.15, -0.1) is 0 Å². The van der Waals surface area contributed by atoms with E-state index in [0.717, 1.165) is 33.2 Å². The first-order chi connectivity index (χ1) is 28.9. The first-order valence-corrected chi connectivity index (χ1v) is 20.5. The van der Waals surface area contributed by atoms with E-state index in [1.54, 1.807) is 19.2 Å². The van der Waals surface area contributed by atoms with Crippen LogP contribution in [0.15, 0.2) is 121 Å². The Balaban J connectivity index is 1.37. The first-order valence-electron chi connectivity index (χ1n) is 20.5. The first kappa shape index (κ1) is 44.8. The minimum absolute atomic E-state index is 0.0285. The van der Waals surface area contributed by atoms with Crippen molar-refractivity contribution in [3.05, 3.63) is 144 Å². The average Bonchev–Trinajstić information content (AvgIpc) is 3.25. The zero-order valence-corrected chi connectivity index (χ0v) is 34.2. The molecule has 5 aromatic carbocycles. The summed E-state index contributed by atoms with van der Waals surface area (Å²) in [6, 6.07) is 33.9. The van der Waals surface area contributed by atoms with Crippen LogP contribution in [-0.2, 0) is 43.2 Å². The van der Waals surface area contributed by atoms with Crippen molar-refractivity contribution < 1.29 is 38.9 Å². The van der Waals surface area contributed by atoms with Crippen LogP contribution in [0.25, 0.3) is 10.8 Å². The number of carboxylic acids is 1. The number of hydrogen-bond acceptors (Lipinski definition) is 8. The van der Waals surface area contributed by atoms with Gasteiger partial charge in [-0.3, -0.25) is 19.2 Å². The highest BCUT2D eigenvalue weighted by Crippen LogP contribution is 2.28. The van der Waals surface area contributed by atoms with E-state index in [-0.39, 0.29) is 50.1 Å². The lowest BCUT2D eigenvalue weighted by Gasteiger charge is -2.25. The molecule has 0 saturated heterocycles. The molecule has 2 amide bonds. The Hall–Kier alpha value is -6.33. The van der Waals surface area contributed by atoms with Crippen molar-refractivity contribution in [2.75, 3.05) is 13.7 Å². The number of unbranched alkanes of at least 4 members (excludes halogenated alkanes) is 1. The van der Waals surface area contributed by atoms with Gasteiger partial charge in [0, 0.05) is 37.0 Å². The van der Waals surface area contributed by atoms with Gasteiger partial charge >= 0.3 is 5.97 Å². The number of methoxy groups -OCH3 is 1. The second kappa shape index (κ2) is 22.2. The number of amides is 2. The summed E-state index contributed by atoms with van der Waals surface area (Å²) in [5.74, 6) is -4.26. The number of phenolic OH excluding ortho intramolecular Hbond substituents is 1. The molecule has 0 radical (unpaired) electrons. The summed E-state index contributed by atoms with van der Waals surface area (Å²) in [4.78, 5) is 69.0. The molecule has 314 valence electrons. The van der Waals surface area contributed by atoms with Gasteiger partial charge in [-0.1, -0.05) is 110 Å². The Bertz CT molecular complexity index is 2210. The number of aromatic hydroxyl groups is 1. The summed E-state index contributed by atoms with van der Waals surface area (Å²) in [7, 11) is 1.61. The maximum Gasteiger partial charge on any atom is 0.326 e. The fourth-order valence-corrected chi connectivity index (χ4v) is 7.39. The lowest BCUT2D eigenvalue weighted by atomic mass is 9.86. The molecule has 5 aromatic rings. The van der Waals surface area contributed by atoms with E-state index in [2.05, 4.69) is 10.6 Å². The van der Waals surface area contributed by atoms with Crippen LogP contribution in [0.2, 0.25) is 0 Å². The summed E-state index contributed by atoms with van der Waals surface area (Å²) >= 11 is 0. The third-order valence-electron chi connectivity index (χ3n) is 11.0. The van der Waals surface area contributed by atoms with Gasteiger partial charge in [0.25, 0.3) is 0 Å². The smallest absolute Gasteiger partial charge is 0.326 e. The van der Waals surface area contributed by atoms with E-state index >= 15 is 0 Å². The Labute approximate surface area is 351 Å². The third-order valence-corrected chi connectivity index (χ3v) is 11.0. The van der Waals surface area contributed by atoms with Crippen LogP contribution in [0.1, 0.15) is 67.2 Å². The van der Waals surface area contributed by atoms with Crippen molar-refractivity contribution >= 4 is 40.1 Å². The summed E-state index contributed by atoms with van der Waals surface area (Å²) in [5.41, 5.74) is 8.83. The minimum atomic E-state index is -1.29. The number of nitrogens with one attached hydrogen (secondary N) is 2. The summed E-state index contributed by atoms with van der Waals surface area (Å²) < 4.78 is 5.36. The molecule has 60 heavy (non-hydrogen) atoms. The fraction of sp³-hybridized carbons (Fsp3) is 0.327. The van der Waals surface area contributed by atoms with Gasteiger partial charge in [-0.2, -0.15) is 0 Å². The molecule has 5 atom stereocenters. The van der Waals surface area contributed by atoms with Gasteiger partial charge < -0.3 is 31.3 Å². The quantitative estimate of drug-likeness (QED) is 0.0447. The van der Waals surface area contributed by atoms with Gasteiger partial charge in [0.05, 0.1) is 13.2 Å². The number of aliphatic carboxylic acids is 1. The normalized spacial score (nSPS) is 13.7. The molecule has 0 unspecified atom stereocenters. The molecular formula is C49H55N3O8. The molecule has 5 rings (SSSR count). The van der Waals surface area contributed by atoms with Crippen LogP contribution < -0.4 is 21.1 Å². The number of fused-ring (bicyclic) bond motifs is 1. The van der Waals surface area contributed by atoms with E-state index in [1.807, 2.05) is 104 Å². The van der Waals surface area contributed by atoms with E-state index in [9.17, 15) is 34.2 Å². The van der Waals surface area contributed by atoms with Crippen molar-refractivity contribution in [2.24, 2.45) is 17.6 Å². The van der Waals surface area contributed by atoms with E-state index in [4.69, 9.17) is 10.5 Å². The average molecular weight is 814 g/mol. The number of phenols is 1. The van der Waals surface area contributed by atoms with E-state index < -0.39 is 53.4 Å². The lowest BCUT2D eigenvalue weighted by Crippen LogP contribution is -2.48. The van der Waals surface area contributed by atoms with Crippen molar-refractivity contribution in [3.63, 3.8) is 0 Å². The molecule has 0 aliphatic carbocycles. The van der Waals surface area contributed by atoms with Crippen LogP contribution in [0.3, 0.4) is 0 Å². The van der Waals surface area contributed by atoms with Crippen LogP contribution in [-0.4, -0.2) is 65.3 Å². The van der Waals surface area contributed by atoms with Gasteiger partial charge in [0.2, 0.25) is 11.8 Å². The second-order valence-corrected chi connectivity index (χ2v) is 15.4. The molecule has 0 bridgehead atoms. The van der Waals surface area contributed by atoms with Crippen LogP contribution in [0.5, 0.6) is 11.5 Å². The van der Waals surface area contributed by atoms with Gasteiger partial charge in [0.15, 0.2) is 5.78 Å². The molecule has 11 heteroatoms. The number of benzene rings is 5. The lowest BCUT2D eigenvalue weighted by molar-refractivity contribution is -0.142. The molecule has 0 fully saturated rings. The zero-order valence-electron chi connectivity index (χ0n) is 34.2. The molecule has 0 spiro atoms. The standard InChI is InChI=1S/C49H55N3O8/c1-32(36-18-19-38-29-42(60-2)23-20-37(38)28-36)45(54)31-40(25-33-11-5-3-6-12-33)48(57)51-43(26-34-13-7-4-8-14-34)46(55)30-39(15-9-10-24-50)47(56)52-44(49(58)59)27-35-16-21-41(53)22-17-35/h3-8,11-14,16-23,28-29,32,39-40,43-44,53H,9-10,15,24-27,30-31,50H2,1-2H3,(H,51,57)(H,52,56)(H,58,59)/t32-,39-,40-,43+,44+/m0/s1. The Morgan fingerprint density at radius 3 is 1.82 bits per heavy atom. The number of rotatable bonds is 23. The summed E-state index contributed by atoms with van der Waals surface area (Å²) in [6.45, 7) is 2.21. The molecule has 0 aliphatic rings. The van der Waals surface area contributed by atoms with Crippen molar-refractivity contribution in [3.8, 4) is 11.5 Å². The summed E-state index contributed by atoms with van der Waals surface area (Å²) in [6.07, 6.45) is 1.44. The zero-order chi connectivity index (χ0) is 43.0. The highest BCUT2D eigenvalue weighted by atomic mass is 16.5. The number of nitrogens with two attached hydrogens (primary N) is 1. The number of Topliss-reactive ketones (excluding diaryl/α,β-unsaturated/α-hetero) is 2. The molecule has 0 aliphatic heterocycles. The predicted octanol–water partition coefficient (Wildman–Crippen LogP) is 6.72. The van der Waals surface area contributed by atoms with E-state index in [0.29, 0.717) is 24.9 Å². The van der Waals surface area contributed by atoms with Crippen molar-refractivity contribution in [2.45, 2.75) is 76.3 Å². The maximum absolute atomic E-state index is 14.4. The van der Waals surface area contributed by atoms with Crippen molar-refractivity contribution in [1.29, 1.82) is 0 Å². The maximum atomic E-state index is 14.4. The van der Waals surface area contributed by atoms with Crippen molar-refractivity contribution in [1.82, 2.24) is 10.6 Å². The topological polar surface area (TPSA) is 185 Å². The van der Waals surface area contributed by atoms with Crippen LogP contribution in [0, 0.1) is 11.8 Å². The molecule has 11 nitrogen and oxygen atoms in total. The van der Waals surface area contributed by atoms with Crippen LogP contribution in [0.4, 0.5) is 0 Å². The Morgan fingerprint density at radius 1 is 0.633 bits per heavy atom. The number of carbonyl (C=O) groups excluding carboxylic acids is 4. The molecular weight excluding hydrogens is 759 g/mol. The van der Waals surface area contributed by atoms with Gasteiger partial charge in [-0.25, -0.2) is 4.79 Å². The number of ketones is 2. The number of ether oxygens (including phenoxy) is 1. The molecule has 0 saturated carbocycles. The Kier molecular flexibility index (Phi) is 16.5. The highest BCUT2D eigenvalue weighted by Gasteiger charge is 2.33. The largest absolute Gasteiger partial charge is 0.508 e. The highest BCUT2D eigenvalue weighted by molar-refractivity contribution is 5.96. The molecule has 0 aromatic heterocycles. The van der Waals surface area contributed by atoms with Crippen LogP contribution >= 0.6 is 0 Å². The SMILES string of the molecule is COc1ccc2cc([C@H](C)C(=O)C[C@H](Cc3ccccc3)C(=O)N[C@H](Cc3ccccc3)C(=O)C[C@H](CCCCN)C(=O)N[C@H](Cc3ccc(O)cc3)C(=O)O)ccc2c1. The minimum Gasteiger partial charge on any atom is -0.508 e. The van der Waals surface area contributed by atoms with E-state index in [1.165, 1.54) is 12.1 Å². The number of carboxylic acid groups (broad SMARTS) is 1. The third kappa shape index (κ3) is 13.1.